The number of aryl methyl sites for hydroxylation is 2. The van der Waals surface area contributed by atoms with Crippen LogP contribution in [0.15, 0.2) is 91.0 Å². The smallest absolute Gasteiger partial charge is 0.328 e. The van der Waals surface area contributed by atoms with Crippen LogP contribution in [-0.4, -0.2) is 44.1 Å². The fourth-order valence-electron chi connectivity index (χ4n) is 5.01. The van der Waals surface area contributed by atoms with Gasteiger partial charge in [0.05, 0.1) is 14.2 Å². The molecule has 4 aromatic rings. The van der Waals surface area contributed by atoms with Crippen LogP contribution in [0.3, 0.4) is 0 Å². The third-order valence-corrected chi connectivity index (χ3v) is 8.11. The van der Waals surface area contributed by atoms with Gasteiger partial charge in [0.2, 0.25) is 0 Å². The highest BCUT2D eigenvalue weighted by atomic mass is 32.2. The van der Waals surface area contributed by atoms with E-state index >= 15 is 0 Å². The molecule has 7 heteroatoms. The van der Waals surface area contributed by atoms with Crippen LogP contribution in [0.25, 0.3) is 11.1 Å². The number of anilines is 1. The lowest BCUT2D eigenvalue weighted by Gasteiger charge is -2.26. The molecule has 1 atom stereocenters. The van der Waals surface area contributed by atoms with Gasteiger partial charge in [0.1, 0.15) is 11.8 Å². The minimum absolute atomic E-state index is 0.296. The van der Waals surface area contributed by atoms with Gasteiger partial charge >= 0.3 is 5.97 Å². The number of carbonyl (C=O) groups excluding carboxylic acids is 2. The molecule has 0 saturated carbocycles. The molecule has 0 radical (unpaired) electrons. The lowest BCUT2D eigenvalue weighted by Crippen LogP contribution is -2.42. The quantitative estimate of drug-likeness (QED) is 0.165. The molecule has 1 amide bonds. The van der Waals surface area contributed by atoms with Crippen LogP contribution in [0.5, 0.6) is 5.75 Å². The molecule has 0 aliphatic carbocycles. The van der Waals surface area contributed by atoms with Crippen molar-refractivity contribution in [2.75, 3.05) is 31.1 Å². The summed E-state index contributed by atoms with van der Waals surface area (Å²) in [6, 6.07) is 30.0. The standard InChI is InChI=1S/C36H40N2O4S/c1-25-10-15-29(16-11-25)38(23-27-12-17-30(41-3)18-13-27)24-28-14-19-32(33(22-28)31-9-7-6-8-26(31)2)35(39)37-34(20-21-43-5)36(40)42-4/h6-19,22,34H,20-21,23-24H2,1-5H3,(H,37,39)/t34-/m0/s1. The van der Waals surface area contributed by atoms with E-state index in [1.807, 2.05) is 61.7 Å². The summed E-state index contributed by atoms with van der Waals surface area (Å²) >= 11 is 1.62. The Labute approximate surface area is 259 Å². The maximum atomic E-state index is 13.7. The van der Waals surface area contributed by atoms with Crippen molar-refractivity contribution in [2.45, 2.75) is 39.4 Å². The highest BCUT2D eigenvalue weighted by Gasteiger charge is 2.24. The summed E-state index contributed by atoms with van der Waals surface area (Å²) in [5, 5.41) is 2.93. The third-order valence-electron chi connectivity index (χ3n) is 7.47. The highest BCUT2D eigenvalue weighted by Crippen LogP contribution is 2.30. The van der Waals surface area contributed by atoms with E-state index in [9.17, 15) is 9.59 Å². The first-order chi connectivity index (χ1) is 20.8. The molecule has 43 heavy (non-hydrogen) atoms. The van der Waals surface area contributed by atoms with Gasteiger partial charge in [-0.15, -0.1) is 0 Å². The van der Waals surface area contributed by atoms with Gasteiger partial charge in [-0.2, -0.15) is 11.8 Å². The van der Waals surface area contributed by atoms with Gasteiger partial charge in [0.15, 0.2) is 0 Å². The molecule has 4 rings (SSSR count). The topological polar surface area (TPSA) is 67.9 Å². The number of esters is 1. The second kappa shape index (κ2) is 15.3. The first kappa shape index (κ1) is 31.7. The van der Waals surface area contributed by atoms with E-state index in [2.05, 4.69) is 59.6 Å². The average Bonchev–Trinajstić information content (AvgIpc) is 3.03. The minimum atomic E-state index is -0.712. The van der Waals surface area contributed by atoms with Crippen molar-refractivity contribution in [1.82, 2.24) is 5.32 Å². The molecule has 0 spiro atoms. The molecule has 6 nitrogen and oxygen atoms in total. The Bertz CT molecular complexity index is 1520. The molecular weight excluding hydrogens is 556 g/mol. The van der Waals surface area contributed by atoms with Crippen LogP contribution in [-0.2, 0) is 22.6 Å². The SMILES string of the molecule is COC(=O)[C@H](CCSC)NC(=O)c1ccc(CN(Cc2ccc(OC)cc2)c2ccc(C)cc2)cc1-c1ccccc1C. The summed E-state index contributed by atoms with van der Waals surface area (Å²) in [6.07, 6.45) is 2.47. The van der Waals surface area contributed by atoms with E-state index in [1.54, 1.807) is 18.9 Å². The highest BCUT2D eigenvalue weighted by molar-refractivity contribution is 7.98. The molecule has 0 fully saturated rings. The summed E-state index contributed by atoms with van der Waals surface area (Å²) in [4.78, 5) is 28.5. The fraction of sp³-hybridized carbons (Fsp3) is 0.278. The summed E-state index contributed by atoms with van der Waals surface area (Å²) in [7, 11) is 3.02. The lowest BCUT2D eigenvalue weighted by atomic mass is 9.93. The minimum Gasteiger partial charge on any atom is -0.497 e. The van der Waals surface area contributed by atoms with Gasteiger partial charge in [0.25, 0.3) is 5.91 Å². The van der Waals surface area contributed by atoms with Crippen molar-refractivity contribution in [2.24, 2.45) is 0 Å². The number of thioether (sulfide) groups is 1. The largest absolute Gasteiger partial charge is 0.497 e. The summed E-state index contributed by atoms with van der Waals surface area (Å²) in [5.41, 5.74) is 7.93. The van der Waals surface area contributed by atoms with Gasteiger partial charge in [0, 0.05) is 24.3 Å². The lowest BCUT2D eigenvalue weighted by molar-refractivity contribution is -0.142. The Morgan fingerprint density at radius 2 is 1.51 bits per heavy atom. The van der Waals surface area contributed by atoms with Crippen molar-refractivity contribution < 1.29 is 19.1 Å². The normalized spacial score (nSPS) is 11.5. The Morgan fingerprint density at radius 3 is 2.16 bits per heavy atom. The van der Waals surface area contributed by atoms with E-state index in [0.717, 1.165) is 45.0 Å². The molecule has 4 aromatic carbocycles. The zero-order valence-corrected chi connectivity index (χ0v) is 26.4. The van der Waals surface area contributed by atoms with Crippen molar-refractivity contribution in [3.8, 4) is 16.9 Å². The van der Waals surface area contributed by atoms with Crippen molar-refractivity contribution in [3.05, 3.63) is 119 Å². The predicted molar refractivity (Wildman–Crippen MR) is 177 cm³/mol. The van der Waals surface area contributed by atoms with E-state index in [4.69, 9.17) is 9.47 Å². The molecule has 1 N–H and O–H groups in total. The van der Waals surface area contributed by atoms with E-state index in [-0.39, 0.29) is 5.91 Å². The molecule has 0 saturated heterocycles. The fourth-order valence-corrected chi connectivity index (χ4v) is 5.49. The van der Waals surface area contributed by atoms with Gasteiger partial charge in [-0.1, -0.05) is 60.2 Å². The zero-order valence-electron chi connectivity index (χ0n) is 25.6. The Morgan fingerprint density at radius 1 is 0.837 bits per heavy atom. The Hall–Kier alpha value is -4.23. The van der Waals surface area contributed by atoms with Crippen molar-refractivity contribution >= 4 is 29.3 Å². The second-order valence-electron chi connectivity index (χ2n) is 10.6. The molecule has 0 aliphatic rings. The summed E-state index contributed by atoms with van der Waals surface area (Å²) < 4.78 is 10.3. The van der Waals surface area contributed by atoms with Crippen LogP contribution in [0.2, 0.25) is 0 Å². The Balaban J connectivity index is 1.71. The van der Waals surface area contributed by atoms with Crippen LogP contribution in [0.1, 0.15) is 39.0 Å². The van der Waals surface area contributed by atoms with Crippen LogP contribution < -0.4 is 15.0 Å². The number of ether oxygens (including phenoxy) is 2. The maximum Gasteiger partial charge on any atom is 0.328 e. The number of carbonyl (C=O) groups is 2. The first-order valence-electron chi connectivity index (χ1n) is 14.3. The molecular formula is C36H40N2O4S. The molecule has 0 bridgehead atoms. The van der Waals surface area contributed by atoms with Crippen LogP contribution in [0.4, 0.5) is 5.69 Å². The van der Waals surface area contributed by atoms with Crippen molar-refractivity contribution in [1.29, 1.82) is 0 Å². The van der Waals surface area contributed by atoms with Gasteiger partial charge in [-0.3, -0.25) is 4.79 Å². The number of rotatable bonds is 13. The molecule has 0 aromatic heterocycles. The Kier molecular flexibility index (Phi) is 11.3. The van der Waals surface area contributed by atoms with E-state index in [1.165, 1.54) is 12.7 Å². The van der Waals surface area contributed by atoms with Gasteiger partial charge in [-0.25, -0.2) is 4.79 Å². The first-order valence-corrected chi connectivity index (χ1v) is 15.7. The number of hydrogen-bond donors (Lipinski definition) is 1. The average molecular weight is 597 g/mol. The molecule has 0 heterocycles. The summed E-state index contributed by atoms with van der Waals surface area (Å²) in [5.74, 6) is 0.816. The third kappa shape index (κ3) is 8.42. The van der Waals surface area contributed by atoms with Crippen LogP contribution >= 0.6 is 11.8 Å². The number of hydrogen-bond acceptors (Lipinski definition) is 6. The number of benzene rings is 4. The molecule has 0 aliphatic heterocycles. The monoisotopic (exact) mass is 596 g/mol. The number of nitrogens with zero attached hydrogens (tertiary/aromatic N) is 1. The number of methoxy groups -OCH3 is 2. The van der Waals surface area contributed by atoms with Crippen LogP contribution in [0, 0.1) is 13.8 Å². The van der Waals surface area contributed by atoms with E-state index in [0.29, 0.717) is 25.1 Å². The number of nitrogens with one attached hydrogen (secondary N) is 1. The van der Waals surface area contributed by atoms with Gasteiger partial charge in [-0.05, 0) is 96.5 Å². The van der Waals surface area contributed by atoms with Gasteiger partial charge < -0.3 is 19.7 Å². The second-order valence-corrected chi connectivity index (χ2v) is 11.6. The number of amides is 1. The predicted octanol–water partition coefficient (Wildman–Crippen LogP) is 7.21. The summed E-state index contributed by atoms with van der Waals surface area (Å²) in [6.45, 7) is 5.46. The molecule has 224 valence electrons. The van der Waals surface area contributed by atoms with Crippen molar-refractivity contribution in [3.63, 3.8) is 0 Å². The van der Waals surface area contributed by atoms with E-state index < -0.39 is 12.0 Å². The molecule has 0 unspecified atom stereocenters. The maximum absolute atomic E-state index is 13.7. The zero-order chi connectivity index (χ0) is 30.8.